The molecule has 0 radical (unpaired) electrons. The van der Waals surface area contributed by atoms with Crippen molar-refractivity contribution in [2.24, 2.45) is 5.92 Å². The van der Waals surface area contributed by atoms with Gasteiger partial charge in [0, 0.05) is 18.7 Å². The van der Waals surface area contributed by atoms with Gasteiger partial charge in [-0.2, -0.15) is 0 Å². The number of likely N-dealkylation sites (tertiary alicyclic amines) is 1. The van der Waals surface area contributed by atoms with E-state index in [1.165, 1.54) is 0 Å². The van der Waals surface area contributed by atoms with Crippen LogP contribution in [-0.4, -0.2) is 43.1 Å². The van der Waals surface area contributed by atoms with Gasteiger partial charge in [0.1, 0.15) is 5.75 Å². The first-order valence-corrected chi connectivity index (χ1v) is 7.84. The van der Waals surface area contributed by atoms with Crippen molar-refractivity contribution in [3.05, 3.63) is 29.8 Å². The van der Waals surface area contributed by atoms with Crippen LogP contribution in [-0.2, 0) is 9.53 Å². The van der Waals surface area contributed by atoms with E-state index in [1.807, 2.05) is 19.1 Å². The van der Waals surface area contributed by atoms with Crippen LogP contribution in [0.15, 0.2) is 24.3 Å². The van der Waals surface area contributed by atoms with Crippen molar-refractivity contribution >= 4 is 11.9 Å². The Balaban J connectivity index is 2.05. The Bertz CT molecular complexity index is 529. The highest BCUT2D eigenvalue weighted by Crippen LogP contribution is 2.21. The fourth-order valence-electron chi connectivity index (χ4n) is 2.68. The number of esters is 1. The maximum Gasteiger partial charge on any atom is 0.310 e. The number of ether oxygens (including phenoxy) is 2. The van der Waals surface area contributed by atoms with Crippen LogP contribution < -0.4 is 4.74 Å². The number of amides is 1. The first kappa shape index (κ1) is 16.3. The summed E-state index contributed by atoms with van der Waals surface area (Å²) in [4.78, 5) is 26.2. The largest absolute Gasteiger partial charge is 0.494 e. The number of nitrogens with zero attached hydrogens (tertiary/aromatic N) is 1. The molecular formula is C17H23NO4. The molecule has 1 atom stereocenters. The second kappa shape index (κ2) is 7.82. The molecule has 0 aromatic heterocycles. The maximum absolute atomic E-state index is 12.6. The topological polar surface area (TPSA) is 55.8 Å². The molecule has 1 saturated heterocycles. The Morgan fingerprint density at radius 3 is 2.82 bits per heavy atom. The third-order valence-electron chi connectivity index (χ3n) is 3.72. The molecule has 0 spiro atoms. The quantitative estimate of drug-likeness (QED) is 0.784. The van der Waals surface area contributed by atoms with Gasteiger partial charge >= 0.3 is 5.97 Å². The highest BCUT2D eigenvalue weighted by Gasteiger charge is 2.29. The normalized spacial score (nSPS) is 17.9. The summed E-state index contributed by atoms with van der Waals surface area (Å²) in [6, 6.07) is 7.17. The second-order valence-corrected chi connectivity index (χ2v) is 5.30. The molecule has 1 heterocycles. The van der Waals surface area contributed by atoms with E-state index in [0.717, 1.165) is 12.8 Å². The predicted octanol–water partition coefficient (Wildman–Crippen LogP) is 2.50. The molecule has 0 saturated carbocycles. The van der Waals surface area contributed by atoms with E-state index in [2.05, 4.69) is 0 Å². The van der Waals surface area contributed by atoms with Gasteiger partial charge in [-0.25, -0.2) is 0 Å². The van der Waals surface area contributed by atoms with Crippen LogP contribution >= 0.6 is 0 Å². The lowest BCUT2D eigenvalue weighted by atomic mass is 9.97. The maximum atomic E-state index is 12.6. The van der Waals surface area contributed by atoms with Crippen LogP contribution in [0.3, 0.4) is 0 Å². The fraction of sp³-hybridized carbons (Fsp3) is 0.529. The zero-order chi connectivity index (χ0) is 15.9. The number of carbonyl (C=O) groups is 2. The van der Waals surface area contributed by atoms with E-state index in [9.17, 15) is 9.59 Å². The standard InChI is InChI=1S/C17H23NO4/c1-3-21-15-9-5-7-13(11-15)16(19)18-10-6-8-14(12-18)17(20)22-4-2/h5,7,9,11,14H,3-4,6,8,10,12H2,1-2H3. The molecule has 0 bridgehead atoms. The molecule has 1 aliphatic rings. The Morgan fingerprint density at radius 2 is 2.09 bits per heavy atom. The molecule has 2 rings (SSSR count). The minimum absolute atomic E-state index is 0.0597. The van der Waals surface area contributed by atoms with Gasteiger partial charge in [0.2, 0.25) is 0 Å². The van der Waals surface area contributed by atoms with E-state index >= 15 is 0 Å². The van der Waals surface area contributed by atoms with Crippen LogP contribution in [0, 0.1) is 5.92 Å². The van der Waals surface area contributed by atoms with Crippen molar-refractivity contribution in [1.29, 1.82) is 0 Å². The number of benzene rings is 1. The molecule has 5 nitrogen and oxygen atoms in total. The SMILES string of the molecule is CCOC(=O)C1CCCN(C(=O)c2cccc(OCC)c2)C1. The average Bonchev–Trinajstić information content (AvgIpc) is 2.55. The number of carbonyl (C=O) groups excluding carboxylic acids is 2. The van der Waals surface area contributed by atoms with Gasteiger partial charge < -0.3 is 14.4 Å². The Morgan fingerprint density at radius 1 is 1.27 bits per heavy atom. The van der Waals surface area contributed by atoms with E-state index in [4.69, 9.17) is 9.47 Å². The fourth-order valence-corrected chi connectivity index (χ4v) is 2.68. The number of hydrogen-bond donors (Lipinski definition) is 0. The van der Waals surface area contributed by atoms with Crippen molar-refractivity contribution in [2.75, 3.05) is 26.3 Å². The smallest absolute Gasteiger partial charge is 0.310 e. The molecule has 1 aliphatic heterocycles. The van der Waals surface area contributed by atoms with E-state index in [0.29, 0.717) is 37.6 Å². The highest BCUT2D eigenvalue weighted by atomic mass is 16.5. The zero-order valence-electron chi connectivity index (χ0n) is 13.2. The first-order chi connectivity index (χ1) is 10.7. The van der Waals surface area contributed by atoms with Crippen LogP contribution in [0.5, 0.6) is 5.75 Å². The summed E-state index contributed by atoms with van der Waals surface area (Å²) in [5, 5.41) is 0. The first-order valence-electron chi connectivity index (χ1n) is 7.84. The van der Waals surface area contributed by atoms with Crippen molar-refractivity contribution in [1.82, 2.24) is 4.90 Å². The number of rotatable bonds is 5. The molecule has 5 heteroatoms. The van der Waals surface area contributed by atoms with Gasteiger partial charge in [0.05, 0.1) is 19.1 Å². The summed E-state index contributed by atoms with van der Waals surface area (Å²) in [6.45, 7) is 5.74. The molecule has 0 aliphatic carbocycles. The lowest BCUT2D eigenvalue weighted by Gasteiger charge is -2.31. The van der Waals surface area contributed by atoms with Crippen molar-refractivity contribution in [3.63, 3.8) is 0 Å². The van der Waals surface area contributed by atoms with Gasteiger partial charge in [-0.3, -0.25) is 9.59 Å². The van der Waals surface area contributed by atoms with E-state index in [-0.39, 0.29) is 17.8 Å². The molecule has 1 fully saturated rings. The molecule has 22 heavy (non-hydrogen) atoms. The van der Waals surface area contributed by atoms with Crippen LogP contribution in [0.2, 0.25) is 0 Å². The summed E-state index contributed by atoms with van der Waals surface area (Å²) in [5.41, 5.74) is 0.593. The molecule has 0 N–H and O–H groups in total. The van der Waals surface area contributed by atoms with Crippen molar-refractivity contribution < 1.29 is 19.1 Å². The highest BCUT2D eigenvalue weighted by molar-refractivity contribution is 5.95. The van der Waals surface area contributed by atoms with Gasteiger partial charge in [-0.1, -0.05) is 6.07 Å². The monoisotopic (exact) mass is 305 g/mol. The van der Waals surface area contributed by atoms with Crippen molar-refractivity contribution in [2.45, 2.75) is 26.7 Å². The number of piperidine rings is 1. The second-order valence-electron chi connectivity index (χ2n) is 5.30. The Hall–Kier alpha value is -2.04. The molecular weight excluding hydrogens is 282 g/mol. The van der Waals surface area contributed by atoms with Gasteiger partial charge in [-0.05, 0) is 44.9 Å². The molecule has 1 aromatic carbocycles. The third-order valence-corrected chi connectivity index (χ3v) is 3.72. The predicted molar refractivity (Wildman–Crippen MR) is 82.9 cm³/mol. The Kier molecular flexibility index (Phi) is 5.81. The summed E-state index contributed by atoms with van der Waals surface area (Å²) in [6.07, 6.45) is 1.60. The van der Waals surface area contributed by atoms with Gasteiger partial charge in [-0.15, -0.1) is 0 Å². The van der Waals surface area contributed by atoms with Gasteiger partial charge in [0.25, 0.3) is 5.91 Å². The average molecular weight is 305 g/mol. The van der Waals surface area contributed by atoms with Crippen LogP contribution in [0.4, 0.5) is 0 Å². The van der Waals surface area contributed by atoms with E-state index < -0.39 is 0 Å². The minimum atomic E-state index is -0.215. The van der Waals surface area contributed by atoms with Crippen LogP contribution in [0.1, 0.15) is 37.0 Å². The molecule has 1 unspecified atom stereocenters. The Labute approximate surface area is 131 Å². The van der Waals surface area contributed by atoms with Gasteiger partial charge in [0.15, 0.2) is 0 Å². The van der Waals surface area contributed by atoms with Crippen LogP contribution in [0.25, 0.3) is 0 Å². The molecule has 120 valence electrons. The lowest BCUT2D eigenvalue weighted by molar-refractivity contribution is -0.149. The lowest BCUT2D eigenvalue weighted by Crippen LogP contribution is -2.42. The molecule has 1 amide bonds. The van der Waals surface area contributed by atoms with Crippen molar-refractivity contribution in [3.8, 4) is 5.75 Å². The summed E-state index contributed by atoms with van der Waals surface area (Å²) < 4.78 is 10.5. The summed E-state index contributed by atoms with van der Waals surface area (Å²) in [5.74, 6) is 0.207. The third kappa shape index (κ3) is 4.00. The summed E-state index contributed by atoms with van der Waals surface area (Å²) in [7, 11) is 0. The summed E-state index contributed by atoms with van der Waals surface area (Å²) >= 11 is 0. The molecule has 1 aromatic rings. The number of hydrogen-bond acceptors (Lipinski definition) is 4. The zero-order valence-corrected chi connectivity index (χ0v) is 13.2. The minimum Gasteiger partial charge on any atom is -0.494 e. The van der Waals surface area contributed by atoms with E-state index in [1.54, 1.807) is 24.0 Å².